The molecule has 6 heteroatoms. The second-order valence-electron chi connectivity index (χ2n) is 2.86. The Balaban J connectivity index is 2.69. The lowest BCUT2D eigenvalue weighted by atomic mass is 10.3. The summed E-state index contributed by atoms with van der Waals surface area (Å²) < 4.78 is 0. The van der Waals surface area contributed by atoms with Crippen LogP contribution < -0.4 is 11.1 Å². The molecule has 0 unspecified atom stereocenters. The lowest BCUT2D eigenvalue weighted by Crippen LogP contribution is -2.32. The third-order valence-electron chi connectivity index (χ3n) is 1.50. The summed E-state index contributed by atoms with van der Waals surface area (Å²) >= 11 is 1.14. The molecule has 0 bridgehead atoms. The number of nitrogens with one attached hydrogen (secondary N) is 1. The van der Waals surface area contributed by atoms with Gasteiger partial charge in [-0.1, -0.05) is 11.3 Å². The number of rotatable bonds is 3. The highest BCUT2D eigenvalue weighted by molar-refractivity contribution is 7.17. The lowest BCUT2D eigenvalue weighted by molar-refractivity contribution is -0.117. The molecular formula is C8H11N3O2S. The first-order valence-electron chi connectivity index (χ1n) is 4.04. The second-order valence-corrected chi connectivity index (χ2v) is 3.89. The highest BCUT2D eigenvalue weighted by atomic mass is 32.1. The summed E-state index contributed by atoms with van der Waals surface area (Å²) in [5.74, 6) is -0.377. The average Bonchev–Trinajstić information content (AvgIpc) is 2.52. The number of hydrogen-bond donors (Lipinski definition) is 2. The number of amides is 1. The van der Waals surface area contributed by atoms with E-state index in [0.717, 1.165) is 11.3 Å². The van der Waals surface area contributed by atoms with Gasteiger partial charge in [0.25, 0.3) is 0 Å². The number of thiazole rings is 1. The van der Waals surface area contributed by atoms with Gasteiger partial charge in [0, 0.05) is 6.92 Å². The first-order valence-corrected chi connectivity index (χ1v) is 4.85. The highest BCUT2D eigenvalue weighted by Crippen LogP contribution is 2.18. The van der Waals surface area contributed by atoms with Crippen LogP contribution in [0.15, 0.2) is 6.20 Å². The van der Waals surface area contributed by atoms with Crippen molar-refractivity contribution in [3.63, 3.8) is 0 Å². The topological polar surface area (TPSA) is 85.1 Å². The maximum Gasteiger partial charge on any atom is 0.242 e. The Morgan fingerprint density at radius 2 is 2.29 bits per heavy atom. The highest BCUT2D eigenvalue weighted by Gasteiger charge is 2.11. The Hall–Kier alpha value is -1.27. The van der Waals surface area contributed by atoms with Gasteiger partial charge in [-0.2, -0.15) is 0 Å². The molecule has 0 spiro atoms. The summed E-state index contributed by atoms with van der Waals surface area (Å²) in [6, 6.07) is -0.584. The Morgan fingerprint density at radius 1 is 1.64 bits per heavy atom. The van der Waals surface area contributed by atoms with Crippen molar-refractivity contribution in [3.05, 3.63) is 11.1 Å². The van der Waals surface area contributed by atoms with Crippen LogP contribution in [0.5, 0.6) is 0 Å². The molecule has 0 aliphatic heterocycles. The van der Waals surface area contributed by atoms with Crippen molar-refractivity contribution in [1.29, 1.82) is 0 Å². The van der Waals surface area contributed by atoms with Crippen LogP contribution in [0, 0.1) is 0 Å². The number of ketones is 1. The van der Waals surface area contributed by atoms with Crippen LogP contribution in [0.25, 0.3) is 0 Å². The molecular weight excluding hydrogens is 202 g/mol. The zero-order valence-electron chi connectivity index (χ0n) is 7.90. The van der Waals surface area contributed by atoms with Gasteiger partial charge in [0.15, 0.2) is 10.9 Å². The Kier molecular flexibility index (Phi) is 3.32. The Labute approximate surface area is 85.3 Å². The molecule has 0 saturated carbocycles. The second kappa shape index (κ2) is 4.30. The van der Waals surface area contributed by atoms with Crippen LogP contribution in [0.1, 0.15) is 23.5 Å². The number of aromatic nitrogens is 1. The molecule has 0 radical (unpaired) electrons. The van der Waals surface area contributed by atoms with Gasteiger partial charge < -0.3 is 11.1 Å². The molecule has 5 nitrogen and oxygen atoms in total. The number of Topliss-reactive ketones (excluding diaryl/α,β-unsaturated/α-hetero) is 1. The first kappa shape index (κ1) is 10.8. The molecule has 1 aromatic rings. The van der Waals surface area contributed by atoms with Crippen molar-refractivity contribution in [2.24, 2.45) is 5.73 Å². The van der Waals surface area contributed by atoms with Crippen molar-refractivity contribution in [2.75, 3.05) is 5.32 Å². The Bertz CT molecular complexity index is 359. The van der Waals surface area contributed by atoms with Crippen LogP contribution in [-0.2, 0) is 4.79 Å². The zero-order chi connectivity index (χ0) is 10.7. The molecule has 0 saturated heterocycles. The number of anilines is 1. The van der Waals surface area contributed by atoms with Crippen molar-refractivity contribution in [3.8, 4) is 0 Å². The van der Waals surface area contributed by atoms with E-state index in [1.807, 2.05) is 0 Å². The van der Waals surface area contributed by atoms with E-state index in [9.17, 15) is 9.59 Å². The molecule has 3 N–H and O–H groups in total. The predicted molar refractivity (Wildman–Crippen MR) is 54.4 cm³/mol. The minimum Gasteiger partial charge on any atom is -0.320 e. The van der Waals surface area contributed by atoms with Gasteiger partial charge >= 0.3 is 0 Å². The first-order chi connectivity index (χ1) is 6.50. The fraction of sp³-hybridized carbons (Fsp3) is 0.375. The summed E-state index contributed by atoms with van der Waals surface area (Å²) in [4.78, 5) is 26.4. The third-order valence-corrected chi connectivity index (χ3v) is 2.51. The summed E-state index contributed by atoms with van der Waals surface area (Å²) in [6.45, 7) is 3.03. The van der Waals surface area contributed by atoms with E-state index in [2.05, 4.69) is 10.3 Å². The van der Waals surface area contributed by atoms with Crippen molar-refractivity contribution in [1.82, 2.24) is 4.98 Å². The third kappa shape index (κ3) is 2.61. The molecule has 0 fully saturated rings. The maximum absolute atomic E-state index is 11.1. The molecule has 14 heavy (non-hydrogen) atoms. The molecule has 0 aliphatic rings. The number of carbonyl (C=O) groups excluding carboxylic acids is 2. The van der Waals surface area contributed by atoms with Gasteiger partial charge in [-0.05, 0) is 6.92 Å². The van der Waals surface area contributed by atoms with E-state index in [1.54, 1.807) is 6.92 Å². The van der Waals surface area contributed by atoms with Crippen LogP contribution in [0.3, 0.4) is 0 Å². The predicted octanol–water partition coefficient (Wildman–Crippen LogP) is 0.631. The van der Waals surface area contributed by atoms with Gasteiger partial charge in [-0.25, -0.2) is 4.98 Å². The largest absolute Gasteiger partial charge is 0.320 e. The van der Waals surface area contributed by atoms with Crippen LogP contribution in [-0.4, -0.2) is 22.7 Å². The van der Waals surface area contributed by atoms with Crippen molar-refractivity contribution in [2.45, 2.75) is 19.9 Å². The van der Waals surface area contributed by atoms with Gasteiger partial charge in [0.2, 0.25) is 5.91 Å². The number of nitrogens with two attached hydrogens (primary N) is 1. The average molecular weight is 213 g/mol. The molecule has 0 aliphatic carbocycles. The van der Waals surface area contributed by atoms with E-state index in [-0.39, 0.29) is 11.7 Å². The van der Waals surface area contributed by atoms with Crippen LogP contribution >= 0.6 is 11.3 Å². The quantitative estimate of drug-likeness (QED) is 0.721. The minimum atomic E-state index is -0.584. The molecule has 1 amide bonds. The summed E-state index contributed by atoms with van der Waals surface area (Å²) in [5, 5.41) is 2.91. The van der Waals surface area contributed by atoms with E-state index < -0.39 is 6.04 Å². The van der Waals surface area contributed by atoms with E-state index in [4.69, 9.17) is 5.73 Å². The summed E-state index contributed by atoms with van der Waals surface area (Å²) in [5.41, 5.74) is 5.35. The van der Waals surface area contributed by atoms with E-state index in [0.29, 0.717) is 10.0 Å². The van der Waals surface area contributed by atoms with Crippen molar-refractivity contribution >= 4 is 28.2 Å². The van der Waals surface area contributed by atoms with Gasteiger partial charge in [0.1, 0.15) is 0 Å². The zero-order valence-corrected chi connectivity index (χ0v) is 8.72. The van der Waals surface area contributed by atoms with Gasteiger partial charge in [-0.3, -0.25) is 9.59 Å². The molecule has 1 heterocycles. The van der Waals surface area contributed by atoms with E-state index in [1.165, 1.54) is 13.1 Å². The molecule has 1 atom stereocenters. The Morgan fingerprint density at radius 3 is 2.71 bits per heavy atom. The van der Waals surface area contributed by atoms with Gasteiger partial charge in [0.05, 0.1) is 17.1 Å². The molecule has 1 rings (SSSR count). The molecule has 1 aromatic heterocycles. The van der Waals surface area contributed by atoms with Crippen LogP contribution in [0.4, 0.5) is 5.13 Å². The maximum atomic E-state index is 11.1. The van der Waals surface area contributed by atoms with Crippen molar-refractivity contribution < 1.29 is 9.59 Å². The molecule has 76 valence electrons. The summed E-state index contributed by atoms with van der Waals surface area (Å²) in [7, 11) is 0. The summed E-state index contributed by atoms with van der Waals surface area (Å²) in [6.07, 6.45) is 1.43. The van der Waals surface area contributed by atoms with Gasteiger partial charge in [-0.15, -0.1) is 0 Å². The van der Waals surface area contributed by atoms with Crippen LogP contribution in [0.2, 0.25) is 0 Å². The fourth-order valence-corrected chi connectivity index (χ4v) is 1.43. The monoisotopic (exact) mass is 213 g/mol. The van der Waals surface area contributed by atoms with E-state index >= 15 is 0 Å². The number of nitrogens with zero attached hydrogens (tertiary/aromatic N) is 1. The number of hydrogen-bond acceptors (Lipinski definition) is 5. The molecule has 0 aromatic carbocycles. The SMILES string of the molecule is CC(=O)c1cnc(NC(=O)[C@@H](C)N)s1. The number of carbonyl (C=O) groups is 2. The fourth-order valence-electron chi connectivity index (χ4n) is 0.714. The lowest BCUT2D eigenvalue weighted by Gasteiger charge is -2.02. The smallest absolute Gasteiger partial charge is 0.242 e. The standard InChI is InChI=1S/C8H11N3O2S/c1-4(9)7(13)11-8-10-3-6(14-8)5(2)12/h3-4H,9H2,1-2H3,(H,10,11,13)/t4-/m1/s1. The minimum absolute atomic E-state index is 0.0659. The normalized spacial score (nSPS) is 12.2.